The fourth-order valence-electron chi connectivity index (χ4n) is 1.81. The molecular formula is C17H15Br2NO. The molecule has 0 bridgehead atoms. The Morgan fingerprint density at radius 2 is 1.86 bits per heavy atom. The van der Waals surface area contributed by atoms with Gasteiger partial charge in [0.25, 0.3) is 0 Å². The fraction of sp³-hybridized carbons (Fsp3) is 0.118. The molecule has 0 aliphatic heterocycles. The van der Waals surface area contributed by atoms with Crippen molar-refractivity contribution in [2.24, 2.45) is 0 Å². The van der Waals surface area contributed by atoms with Gasteiger partial charge in [-0.3, -0.25) is 4.79 Å². The minimum Gasteiger partial charge on any atom is -0.361 e. The van der Waals surface area contributed by atoms with Gasteiger partial charge in [-0.2, -0.15) is 0 Å². The maximum absolute atomic E-state index is 12.0. The summed E-state index contributed by atoms with van der Waals surface area (Å²) in [5, 5.41) is 3.09. The third kappa shape index (κ3) is 4.55. The van der Waals surface area contributed by atoms with Gasteiger partial charge < -0.3 is 5.32 Å². The van der Waals surface area contributed by atoms with E-state index in [0.29, 0.717) is 5.56 Å². The highest BCUT2D eigenvalue weighted by Crippen LogP contribution is 2.26. The summed E-state index contributed by atoms with van der Waals surface area (Å²) in [7, 11) is 0. The fourth-order valence-corrected chi connectivity index (χ4v) is 2.98. The van der Waals surface area contributed by atoms with Gasteiger partial charge in [0, 0.05) is 26.8 Å². The molecule has 2 aromatic carbocycles. The van der Waals surface area contributed by atoms with Gasteiger partial charge in [0.15, 0.2) is 5.78 Å². The number of aryl methyl sites for hydroxylation is 1. The van der Waals surface area contributed by atoms with Gasteiger partial charge in [0.1, 0.15) is 0 Å². The highest BCUT2D eigenvalue weighted by molar-refractivity contribution is 9.11. The minimum atomic E-state index is -0.0154. The lowest BCUT2D eigenvalue weighted by atomic mass is 10.1. The summed E-state index contributed by atoms with van der Waals surface area (Å²) in [4.78, 5) is 12.0. The van der Waals surface area contributed by atoms with Crippen LogP contribution in [0.2, 0.25) is 0 Å². The van der Waals surface area contributed by atoms with Crippen molar-refractivity contribution in [1.82, 2.24) is 0 Å². The van der Waals surface area contributed by atoms with Crippen LogP contribution in [0.15, 0.2) is 63.7 Å². The van der Waals surface area contributed by atoms with Crippen molar-refractivity contribution in [2.75, 3.05) is 5.32 Å². The maximum Gasteiger partial charge on any atom is 0.187 e. The topological polar surface area (TPSA) is 29.1 Å². The zero-order valence-electron chi connectivity index (χ0n) is 11.6. The number of hydrogen-bond donors (Lipinski definition) is 1. The number of carbonyl (C=O) groups is 1. The zero-order valence-corrected chi connectivity index (χ0v) is 14.7. The van der Waals surface area contributed by atoms with Crippen molar-refractivity contribution in [3.05, 3.63) is 74.8 Å². The number of carbonyl (C=O) groups excluding carboxylic acids is 1. The van der Waals surface area contributed by atoms with Crippen LogP contribution in [0, 0.1) is 0 Å². The first-order valence-electron chi connectivity index (χ1n) is 6.61. The van der Waals surface area contributed by atoms with Crippen LogP contribution in [0.1, 0.15) is 22.8 Å². The van der Waals surface area contributed by atoms with Gasteiger partial charge in [-0.15, -0.1) is 0 Å². The van der Waals surface area contributed by atoms with E-state index in [2.05, 4.69) is 44.1 Å². The van der Waals surface area contributed by atoms with Crippen LogP contribution in [-0.2, 0) is 6.42 Å². The van der Waals surface area contributed by atoms with Crippen LogP contribution in [-0.4, -0.2) is 5.78 Å². The summed E-state index contributed by atoms with van der Waals surface area (Å²) in [6, 6.07) is 13.5. The minimum absolute atomic E-state index is 0.0154. The molecule has 2 aromatic rings. The lowest BCUT2D eigenvalue weighted by molar-refractivity contribution is 0.104. The number of halogens is 2. The third-order valence-electron chi connectivity index (χ3n) is 3.05. The summed E-state index contributed by atoms with van der Waals surface area (Å²) in [6.07, 6.45) is 4.17. The van der Waals surface area contributed by atoms with E-state index in [-0.39, 0.29) is 5.78 Å². The number of anilines is 1. The number of allylic oxidation sites excluding steroid dienone is 1. The first-order chi connectivity index (χ1) is 10.1. The van der Waals surface area contributed by atoms with Crippen LogP contribution in [0.5, 0.6) is 0 Å². The van der Waals surface area contributed by atoms with E-state index in [1.807, 2.05) is 42.5 Å². The second kappa shape index (κ2) is 7.57. The van der Waals surface area contributed by atoms with Gasteiger partial charge >= 0.3 is 0 Å². The molecule has 2 nitrogen and oxygen atoms in total. The predicted octanol–water partition coefficient (Wildman–Crippen LogP) is 5.58. The Morgan fingerprint density at radius 1 is 1.14 bits per heavy atom. The molecule has 21 heavy (non-hydrogen) atoms. The van der Waals surface area contributed by atoms with Gasteiger partial charge in [-0.25, -0.2) is 0 Å². The summed E-state index contributed by atoms with van der Waals surface area (Å²) in [5.74, 6) is -0.0154. The molecule has 108 valence electrons. The number of hydrogen-bond acceptors (Lipinski definition) is 2. The van der Waals surface area contributed by atoms with Crippen molar-refractivity contribution in [3.8, 4) is 0 Å². The average Bonchev–Trinajstić information content (AvgIpc) is 2.49. The Labute approximate surface area is 141 Å². The molecule has 0 saturated carbocycles. The summed E-state index contributed by atoms with van der Waals surface area (Å²) < 4.78 is 1.93. The molecule has 0 amide bonds. The second-order valence-corrected chi connectivity index (χ2v) is 6.29. The summed E-state index contributed by atoms with van der Waals surface area (Å²) >= 11 is 6.86. The molecule has 2 rings (SSSR count). The number of benzene rings is 2. The first-order valence-corrected chi connectivity index (χ1v) is 8.20. The van der Waals surface area contributed by atoms with E-state index < -0.39 is 0 Å². The van der Waals surface area contributed by atoms with Gasteiger partial charge in [0.05, 0.1) is 5.69 Å². The lowest BCUT2D eigenvalue weighted by Crippen LogP contribution is -1.97. The SMILES string of the molecule is CCc1ccc(C(=O)/C=C/Nc2ccc(Br)cc2Br)cc1. The standard InChI is InChI=1S/C17H15Br2NO/c1-2-12-3-5-13(6-4-12)17(21)9-10-20-16-8-7-14(18)11-15(16)19/h3-11,20H,2H2,1H3/b10-9+. The van der Waals surface area contributed by atoms with Crippen molar-refractivity contribution in [2.45, 2.75) is 13.3 Å². The monoisotopic (exact) mass is 407 g/mol. The molecule has 0 aromatic heterocycles. The molecule has 0 heterocycles. The Bertz CT molecular complexity index is 663. The Kier molecular flexibility index (Phi) is 5.76. The maximum atomic E-state index is 12.0. The van der Waals surface area contributed by atoms with Crippen LogP contribution in [0.3, 0.4) is 0 Å². The summed E-state index contributed by atoms with van der Waals surface area (Å²) in [6.45, 7) is 2.09. The van der Waals surface area contributed by atoms with Crippen molar-refractivity contribution < 1.29 is 4.79 Å². The lowest BCUT2D eigenvalue weighted by Gasteiger charge is -2.04. The number of rotatable bonds is 5. The molecule has 0 fully saturated rings. The quantitative estimate of drug-likeness (QED) is 0.516. The number of ketones is 1. The van der Waals surface area contributed by atoms with E-state index in [1.165, 1.54) is 11.6 Å². The third-order valence-corrected chi connectivity index (χ3v) is 4.20. The van der Waals surface area contributed by atoms with Crippen LogP contribution >= 0.6 is 31.9 Å². The normalized spacial score (nSPS) is 10.8. The molecule has 4 heteroatoms. The van der Waals surface area contributed by atoms with E-state index in [0.717, 1.165) is 21.1 Å². The van der Waals surface area contributed by atoms with Crippen LogP contribution in [0.25, 0.3) is 0 Å². The Hall–Kier alpha value is -1.39. The van der Waals surface area contributed by atoms with E-state index in [1.54, 1.807) is 6.20 Å². The second-order valence-electron chi connectivity index (χ2n) is 4.52. The summed E-state index contributed by atoms with van der Waals surface area (Å²) in [5.41, 5.74) is 2.83. The predicted molar refractivity (Wildman–Crippen MR) is 94.8 cm³/mol. The van der Waals surface area contributed by atoms with Crippen molar-refractivity contribution in [3.63, 3.8) is 0 Å². The molecule has 0 aliphatic rings. The number of nitrogens with one attached hydrogen (secondary N) is 1. The van der Waals surface area contributed by atoms with E-state index in [9.17, 15) is 4.79 Å². The van der Waals surface area contributed by atoms with Crippen LogP contribution in [0.4, 0.5) is 5.69 Å². The molecule has 0 aliphatic carbocycles. The van der Waals surface area contributed by atoms with E-state index in [4.69, 9.17) is 0 Å². The molecule has 0 radical (unpaired) electrons. The van der Waals surface area contributed by atoms with Gasteiger partial charge in [-0.1, -0.05) is 47.1 Å². The van der Waals surface area contributed by atoms with Crippen molar-refractivity contribution >= 4 is 43.3 Å². The zero-order chi connectivity index (χ0) is 15.2. The molecule has 0 unspecified atom stereocenters. The first kappa shape index (κ1) is 16.0. The smallest absolute Gasteiger partial charge is 0.187 e. The molecule has 0 atom stereocenters. The van der Waals surface area contributed by atoms with Crippen molar-refractivity contribution in [1.29, 1.82) is 0 Å². The van der Waals surface area contributed by atoms with Gasteiger partial charge in [-0.05, 0) is 46.1 Å². The molecule has 0 spiro atoms. The highest BCUT2D eigenvalue weighted by atomic mass is 79.9. The highest BCUT2D eigenvalue weighted by Gasteiger charge is 2.02. The molecule has 1 N–H and O–H groups in total. The molecular weight excluding hydrogens is 394 g/mol. The average molecular weight is 409 g/mol. The van der Waals surface area contributed by atoms with E-state index >= 15 is 0 Å². The molecule has 0 saturated heterocycles. The Morgan fingerprint density at radius 3 is 2.48 bits per heavy atom. The Balaban J connectivity index is 2.01. The van der Waals surface area contributed by atoms with Crippen LogP contribution < -0.4 is 5.32 Å². The largest absolute Gasteiger partial charge is 0.361 e. The van der Waals surface area contributed by atoms with Gasteiger partial charge in [0.2, 0.25) is 0 Å².